The largest absolute Gasteiger partial charge is 0.374 e. The molecule has 0 bridgehead atoms. The minimum atomic E-state index is -1.40. The van der Waals surface area contributed by atoms with Crippen LogP contribution in [0.1, 0.15) is 5.56 Å². The smallest absolute Gasteiger partial charge is 0.317 e. The summed E-state index contributed by atoms with van der Waals surface area (Å²) < 4.78 is 1.47. The molecule has 1 amide bonds. The lowest BCUT2D eigenvalue weighted by Gasteiger charge is -2.28. The molecule has 0 saturated heterocycles. The van der Waals surface area contributed by atoms with Crippen LogP contribution >= 0.6 is 23.4 Å². The highest BCUT2D eigenvalue weighted by atomic mass is 35.5. The highest BCUT2D eigenvalue weighted by Crippen LogP contribution is 2.42. The molecule has 0 saturated carbocycles. The molecule has 9 heteroatoms. The Morgan fingerprint density at radius 2 is 1.96 bits per heavy atom. The molecule has 2 aliphatic heterocycles. The van der Waals surface area contributed by atoms with Crippen LogP contribution in [0.4, 0.5) is 11.4 Å². The third-order valence-electron chi connectivity index (χ3n) is 4.80. The molecule has 5 rings (SSSR count). The second-order valence-corrected chi connectivity index (χ2v) is 7.48. The minimum absolute atomic E-state index is 0.310. The molecule has 134 valence electrons. The number of carbonyl (C=O) groups excluding carboxylic acids is 1. The first-order chi connectivity index (χ1) is 13.0. The zero-order valence-electron chi connectivity index (χ0n) is 14.0. The Balaban J connectivity index is 1.93. The van der Waals surface area contributed by atoms with Gasteiger partial charge in [-0.05, 0) is 41.3 Å². The van der Waals surface area contributed by atoms with Crippen LogP contribution in [0.15, 0.2) is 52.4 Å². The molecular formula is C18H13ClN5O2S+. The van der Waals surface area contributed by atoms with Crippen molar-refractivity contribution in [3.05, 3.63) is 63.4 Å². The van der Waals surface area contributed by atoms with E-state index < -0.39 is 5.66 Å². The summed E-state index contributed by atoms with van der Waals surface area (Å²) in [5.41, 5.74) is 1.19. The number of halogens is 1. The quantitative estimate of drug-likeness (QED) is 0.431. The number of H-pyrrole nitrogens is 1. The fourth-order valence-electron chi connectivity index (χ4n) is 3.63. The van der Waals surface area contributed by atoms with Gasteiger partial charge in [0.25, 0.3) is 0 Å². The number of hydrogen-bond donors (Lipinski definition) is 3. The van der Waals surface area contributed by atoms with E-state index in [9.17, 15) is 9.59 Å². The third kappa shape index (κ3) is 2.11. The molecule has 0 fully saturated rings. The number of para-hydroxylation sites is 1. The molecule has 0 unspecified atom stereocenters. The average molecular weight is 399 g/mol. The highest BCUT2D eigenvalue weighted by Gasteiger charge is 2.62. The predicted octanol–water partition coefficient (Wildman–Crippen LogP) is 2.18. The van der Waals surface area contributed by atoms with Crippen molar-refractivity contribution in [2.45, 2.75) is 10.8 Å². The van der Waals surface area contributed by atoms with Crippen LogP contribution in [-0.2, 0) is 10.5 Å². The van der Waals surface area contributed by atoms with Gasteiger partial charge in [0.1, 0.15) is 0 Å². The Bertz CT molecular complexity index is 1190. The normalized spacial score (nSPS) is 19.1. The Labute approximate surface area is 162 Å². The number of anilines is 2. The van der Waals surface area contributed by atoms with Crippen LogP contribution in [0.2, 0.25) is 5.02 Å². The maximum atomic E-state index is 13.2. The number of aromatic nitrogens is 3. The van der Waals surface area contributed by atoms with Crippen molar-refractivity contribution in [3.63, 3.8) is 0 Å². The lowest BCUT2D eigenvalue weighted by molar-refractivity contribution is -0.781. The summed E-state index contributed by atoms with van der Waals surface area (Å²) in [7, 11) is 0. The van der Waals surface area contributed by atoms with E-state index in [0.717, 1.165) is 0 Å². The molecule has 1 aromatic heterocycles. The SMILES string of the molecule is CSc1n[n+]2c(c(=O)[nH]1)-c1ccccc1N[C@]21C(=O)Nc2ccc(Cl)cc21. The van der Waals surface area contributed by atoms with Gasteiger partial charge in [-0.1, -0.05) is 35.5 Å². The van der Waals surface area contributed by atoms with Gasteiger partial charge in [0.2, 0.25) is 5.16 Å². The first kappa shape index (κ1) is 16.3. The molecule has 1 atom stereocenters. The van der Waals surface area contributed by atoms with Crippen LogP contribution < -0.4 is 20.9 Å². The number of nitrogens with one attached hydrogen (secondary N) is 3. The van der Waals surface area contributed by atoms with E-state index in [1.807, 2.05) is 30.5 Å². The number of amides is 1. The molecule has 2 aliphatic rings. The summed E-state index contributed by atoms with van der Waals surface area (Å²) in [5.74, 6) is -0.328. The third-order valence-corrected chi connectivity index (χ3v) is 5.60. The van der Waals surface area contributed by atoms with E-state index in [1.165, 1.54) is 16.4 Å². The van der Waals surface area contributed by atoms with Crippen molar-refractivity contribution in [1.82, 2.24) is 10.1 Å². The molecule has 1 spiro atoms. The second-order valence-electron chi connectivity index (χ2n) is 6.25. The standard InChI is InChI=1S/C18H12ClN5O2S/c1-27-17-21-15(25)14-10-4-2-3-5-12(10)22-18(24(14)23-17)11-8-9(19)6-7-13(11)20-16(18)26/h2-8H,1H3,(H2,20,21,23,25,26)/p+1/t18-/m0/s1. The van der Waals surface area contributed by atoms with Crippen molar-refractivity contribution in [2.75, 3.05) is 16.9 Å². The summed E-state index contributed by atoms with van der Waals surface area (Å²) >= 11 is 7.51. The van der Waals surface area contributed by atoms with E-state index in [1.54, 1.807) is 18.2 Å². The van der Waals surface area contributed by atoms with Gasteiger partial charge in [-0.25, -0.2) is 0 Å². The average Bonchev–Trinajstić information content (AvgIpc) is 2.93. The van der Waals surface area contributed by atoms with Crippen molar-refractivity contribution >= 4 is 40.6 Å². The van der Waals surface area contributed by atoms with Gasteiger partial charge in [0.15, 0.2) is 0 Å². The molecule has 0 aliphatic carbocycles. The summed E-state index contributed by atoms with van der Waals surface area (Å²) in [6.45, 7) is 0. The van der Waals surface area contributed by atoms with Crippen LogP contribution in [0.3, 0.4) is 0 Å². The fourth-order valence-corrected chi connectivity index (χ4v) is 4.16. The minimum Gasteiger partial charge on any atom is -0.317 e. The van der Waals surface area contributed by atoms with Gasteiger partial charge < -0.3 is 10.6 Å². The van der Waals surface area contributed by atoms with Gasteiger partial charge in [-0.15, -0.1) is 0 Å². The van der Waals surface area contributed by atoms with Crippen LogP contribution in [0, 0.1) is 0 Å². The molecule has 0 radical (unpaired) electrons. The summed E-state index contributed by atoms with van der Waals surface area (Å²) in [6, 6.07) is 12.5. The van der Waals surface area contributed by atoms with Gasteiger partial charge in [-0.2, -0.15) is 0 Å². The molecule has 27 heavy (non-hydrogen) atoms. The molecule has 3 aromatic rings. The van der Waals surface area contributed by atoms with Crippen LogP contribution in [0.25, 0.3) is 11.3 Å². The Morgan fingerprint density at radius 1 is 1.15 bits per heavy atom. The van der Waals surface area contributed by atoms with Gasteiger partial charge in [0.05, 0.1) is 22.5 Å². The summed E-state index contributed by atoms with van der Waals surface area (Å²) in [4.78, 5) is 28.9. The number of thioether (sulfide) groups is 1. The van der Waals surface area contributed by atoms with E-state index in [-0.39, 0.29) is 11.5 Å². The van der Waals surface area contributed by atoms with E-state index in [0.29, 0.717) is 38.4 Å². The van der Waals surface area contributed by atoms with Gasteiger partial charge in [0, 0.05) is 10.1 Å². The highest BCUT2D eigenvalue weighted by molar-refractivity contribution is 7.98. The maximum absolute atomic E-state index is 13.2. The number of benzene rings is 2. The first-order valence-electron chi connectivity index (χ1n) is 8.15. The number of hydrogen-bond acceptors (Lipinski definition) is 5. The number of nitrogens with zero attached hydrogens (tertiary/aromatic N) is 2. The molecular weight excluding hydrogens is 386 g/mol. The van der Waals surface area contributed by atoms with Crippen molar-refractivity contribution in [2.24, 2.45) is 0 Å². The zero-order chi connectivity index (χ0) is 18.8. The van der Waals surface area contributed by atoms with Gasteiger partial charge >= 0.3 is 22.8 Å². The van der Waals surface area contributed by atoms with E-state index >= 15 is 0 Å². The molecule has 2 aromatic carbocycles. The van der Waals surface area contributed by atoms with E-state index in [2.05, 4.69) is 20.7 Å². The fraction of sp³-hybridized carbons (Fsp3) is 0.111. The number of carbonyl (C=O) groups is 1. The maximum Gasteiger partial charge on any atom is 0.374 e. The van der Waals surface area contributed by atoms with Crippen molar-refractivity contribution in [1.29, 1.82) is 0 Å². The molecule has 7 nitrogen and oxygen atoms in total. The van der Waals surface area contributed by atoms with Crippen LogP contribution in [-0.4, -0.2) is 22.2 Å². The zero-order valence-corrected chi connectivity index (χ0v) is 15.6. The monoisotopic (exact) mass is 398 g/mol. The Hall–Kier alpha value is -2.84. The van der Waals surface area contributed by atoms with E-state index in [4.69, 9.17) is 11.6 Å². The summed E-state index contributed by atoms with van der Waals surface area (Å²) in [5, 5.41) is 11.6. The molecule has 3 heterocycles. The Morgan fingerprint density at radius 3 is 2.78 bits per heavy atom. The molecule has 3 N–H and O–H groups in total. The van der Waals surface area contributed by atoms with Gasteiger partial charge in [-0.3, -0.25) is 14.6 Å². The van der Waals surface area contributed by atoms with Crippen molar-refractivity contribution < 1.29 is 9.48 Å². The summed E-state index contributed by atoms with van der Waals surface area (Å²) in [6.07, 6.45) is 1.81. The first-order valence-corrected chi connectivity index (χ1v) is 9.75. The second kappa shape index (κ2) is 5.58. The topological polar surface area (TPSA) is 90.8 Å². The number of rotatable bonds is 1. The number of aromatic amines is 1. The van der Waals surface area contributed by atoms with Crippen LogP contribution in [0.5, 0.6) is 0 Å². The lowest BCUT2D eigenvalue weighted by Crippen LogP contribution is -2.71. The lowest BCUT2D eigenvalue weighted by atomic mass is 9.95. The number of fused-ring (bicyclic) bond motifs is 6. The Kier molecular flexibility index (Phi) is 3.38. The predicted molar refractivity (Wildman–Crippen MR) is 103 cm³/mol. The van der Waals surface area contributed by atoms with Crippen molar-refractivity contribution in [3.8, 4) is 11.3 Å².